The molecule has 5 rings (SSSR count). The minimum atomic E-state index is -0.162. The lowest BCUT2D eigenvalue weighted by Crippen LogP contribution is -2.14. The molecule has 1 aromatic carbocycles. The topological polar surface area (TPSA) is 90.5 Å². The number of pyridine rings is 1. The second-order valence-electron chi connectivity index (χ2n) is 7.58. The van der Waals surface area contributed by atoms with Crippen molar-refractivity contribution < 1.29 is 4.79 Å². The number of amides is 1. The largest absolute Gasteiger partial charge is 0.322 e. The number of carbonyl (C=O) groups is 1. The summed E-state index contributed by atoms with van der Waals surface area (Å²) >= 11 is 0. The van der Waals surface area contributed by atoms with E-state index in [1.807, 2.05) is 55.9 Å². The third-order valence-electron chi connectivity index (χ3n) is 5.32. The Morgan fingerprint density at radius 1 is 1.21 bits per heavy atom. The molecule has 29 heavy (non-hydrogen) atoms. The van der Waals surface area contributed by atoms with Crippen LogP contribution in [0.2, 0.25) is 0 Å². The minimum Gasteiger partial charge on any atom is -0.322 e. The summed E-state index contributed by atoms with van der Waals surface area (Å²) in [7, 11) is 3.75. The average molecular weight is 387 g/mol. The van der Waals surface area contributed by atoms with Crippen LogP contribution in [-0.4, -0.2) is 35.4 Å². The molecule has 0 atom stereocenters. The number of aromatic nitrogens is 6. The Morgan fingerprint density at radius 3 is 2.76 bits per heavy atom. The molecule has 0 spiro atoms. The predicted octanol–water partition coefficient (Wildman–Crippen LogP) is 3.20. The van der Waals surface area contributed by atoms with E-state index >= 15 is 0 Å². The quantitative estimate of drug-likeness (QED) is 0.581. The highest BCUT2D eigenvalue weighted by atomic mass is 16.1. The zero-order chi connectivity index (χ0) is 20.1. The molecule has 0 aliphatic heterocycles. The highest BCUT2D eigenvalue weighted by Crippen LogP contribution is 2.40. The number of anilines is 1. The van der Waals surface area contributed by atoms with Gasteiger partial charge in [-0.3, -0.25) is 9.48 Å². The average Bonchev–Trinajstić information content (AvgIpc) is 3.41. The van der Waals surface area contributed by atoms with E-state index in [9.17, 15) is 4.79 Å². The van der Waals surface area contributed by atoms with Crippen LogP contribution in [0.25, 0.3) is 22.4 Å². The second kappa shape index (κ2) is 6.51. The fourth-order valence-corrected chi connectivity index (χ4v) is 3.71. The van der Waals surface area contributed by atoms with Crippen LogP contribution in [0.15, 0.2) is 36.7 Å². The van der Waals surface area contributed by atoms with E-state index in [0.717, 1.165) is 46.7 Å². The molecule has 8 nitrogen and oxygen atoms in total. The van der Waals surface area contributed by atoms with Crippen LogP contribution in [0.5, 0.6) is 0 Å². The van der Waals surface area contributed by atoms with E-state index in [1.165, 1.54) is 0 Å². The molecule has 4 aromatic rings. The number of hydrogen-bond acceptors (Lipinski definition) is 5. The number of carbonyl (C=O) groups excluding carboxylic acids is 1. The van der Waals surface area contributed by atoms with Gasteiger partial charge >= 0.3 is 0 Å². The van der Waals surface area contributed by atoms with Crippen LogP contribution in [0.1, 0.15) is 40.5 Å². The third kappa shape index (κ3) is 3.06. The molecule has 1 N–H and O–H groups in total. The van der Waals surface area contributed by atoms with Gasteiger partial charge in [-0.1, -0.05) is 12.1 Å². The van der Waals surface area contributed by atoms with Crippen LogP contribution in [-0.2, 0) is 14.1 Å². The van der Waals surface area contributed by atoms with Gasteiger partial charge in [0.1, 0.15) is 6.33 Å². The third-order valence-corrected chi connectivity index (χ3v) is 5.32. The van der Waals surface area contributed by atoms with Gasteiger partial charge in [0.2, 0.25) is 0 Å². The highest BCUT2D eigenvalue weighted by Gasteiger charge is 2.28. The van der Waals surface area contributed by atoms with Crippen LogP contribution < -0.4 is 5.32 Å². The van der Waals surface area contributed by atoms with Crippen molar-refractivity contribution in [1.29, 1.82) is 0 Å². The van der Waals surface area contributed by atoms with Crippen molar-refractivity contribution in [2.45, 2.75) is 25.7 Å². The van der Waals surface area contributed by atoms with Gasteiger partial charge in [0.05, 0.1) is 16.6 Å². The molecule has 0 saturated heterocycles. The summed E-state index contributed by atoms with van der Waals surface area (Å²) in [5, 5.41) is 16.4. The summed E-state index contributed by atoms with van der Waals surface area (Å²) in [6, 6.07) is 9.54. The Kier molecular flexibility index (Phi) is 3.94. The Balaban J connectivity index is 1.53. The zero-order valence-electron chi connectivity index (χ0n) is 16.5. The van der Waals surface area contributed by atoms with Crippen molar-refractivity contribution in [2.24, 2.45) is 14.1 Å². The zero-order valence-corrected chi connectivity index (χ0v) is 16.5. The van der Waals surface area contributed by atoms with E-state index in [0.29, 0.717) is 17.2 Å². The highest BCUT2D eigenvalue weighted by molar-refractivity contribution is 6.12. The Labute approximate surface area is 167 Å². The molecule has 1 saturated carbocycles. The molecule has 146 valence electrons. The van der Waals surface area contributed by atoms with Gasteiger partial charge in [-0.15, -0.1) is 10.2 Å². The molecule has 3 heterocycles. The first kappa shape index (κ1) is 17.5. The van der Waals surface area contributed by atoms with Gasteiger partial charge in [-0.25, -0.2) is 4.98 Å². The van der Waals surface area contributed by atoms with E-state index in [1.54, 1.807) is 11.0 Å². The molecule has 1 amide bonds. The number of benzene rings is 1. The van der Waals surface area contributed by atoms with Gasteiger partial charge in [-0.05, 0) is 38.0 Å². The van der Waals surface area contributed by atoms with Crippen molar-refractivity contribution in [1.82, 2.24) is 29.5 Å². The van der Waals surface area contributed by atoms with Crippen molar-refractivity contribution in [2.75, 3.05) is 5.32 Å². The number of nitrogens with one attached hydrogen (secondary N) is 1. The molecular weight excluding hydrogens is 366 g/mol. The number of fused-ring (bicyclic) bond motifs is 1. The standard InChI is InChI=1S/C21H21N7O/c1-12-18-16(10-17(13-7-8-13)24-20(18)28(3)26-12)21(29)23-15-6-4-5-14(9-15)19-25-22-11-27(19)2/h4-6,9-11,13H,7-8H2,1-3H3,(H,23,29). The number of hydrogen-bond donors (Lipinski definition) is 1. The van der Waals surface area contributed by atoms with Gasteiger partial charge in [-0.2, -0.15) is 5.10 Å². The molecule has 3 aromatic heterocycles. The second-order valence-corrected chi connectivity index (χ2v) is 7.58. The Morgan fingerprint density at radius 2 is 2.03 bits per heavy atom. The molecule has 0 bridgehead atoms. The summed E-state index contributed by atoms with van der Waals surface area (Å²) in [5.74, 6) is 1.03. The van der Waals surface area contributed by atoms with Gasteiger partial charge in [0.25, 0.3) is 5.91 Å². The smallest absolute Gasteiger partial charge is 0.256 e. The van der Waals surface area contributed by atoms with Crippen molar-refractivity contribution in [3.05, 3.63) is 53.6 Å². The number of rotatable bonds is 4. The van der Waals surface area contributed by atoms with Crippen LogP contribution in [0, 0.1) is 6.92 Å². The fourth-order valence-electron chi connectivity index (χ4n) is 3.71. The van der Waals surface area contributed by atoms with Gasteiger partial charge in [0, 0.05) is 37.0 Å². The molecule has 8 heteroatoms. The Hall–Kier alpha value is -3.55. The van der Waals surface area contributed by atoms with Crippen LogP contribution in [0.3, 0.4) is 0 Å². The summed E-state index contributed by atoms with van der Waals surface area (Å²) < 4.78 is 3.59. The van der Waals surface area contributed by atoms with Crippen LogP contribution >= 0.6 is 0 Å². The maximum absolute atomic E-state index is 13.2. The summed E-state index contributed by atoms with van der Waals surface area (Å²) in [5.41, 5.74) is 4.74. The fraction of sp³-hybridized carbons (Fsp3) is 0.286. The maximum Gasteiger partial charge on any atom is 0.256 e. The molecule has 0 unspecified atom stereocenters. The predicted molar refractivity (Wildman–Crippen MR) is 110 cm³/mol. The summed E-state index contributed by atoms with van der Waals surface area (Å²) in [6.07, 6.45) is 3.89. The molecule has 1 aliphatic rings. The Bertz CT molecular complexity index is 1250. The van der Waals surface area contributed by atoms with Gasteiger partial charge in [0.15, 0.2) is 11.5 Å². The molecule has 1 aliphatic carbocycles. The SMILES string of the molecule is Cc1nn(C)c2nc(C3CC3)cc(C(=O)Nc3cccc(-c4nncn4C)c3)c12. The van der Waals surface area contributed by atoms with E-state index in [2.05, 4.69) is 20.6 Å². The lowest BCUT2D eigenvalue weighted by Gasteiger charge is -2.10. The molecule has 0 radical (unpaired) electrons. The molecule has 1 fully saturated rings. The van der Waals surface area contributed by atoms with Crippen molar-refractivity contribution in [3.63, 3.8) is 0 Å². The maximum atomic E-state index is 13.2. The lowest BCUT2D eigenvalue weighted by atomic mass is 10.1. The van der Waals surface area contributed by atoms with Crippen molar-refractivity contribution >= 4 is 22.6 Å². The summed E-state index contributed by atoms with van der Waals surface area (Å²) in [6.45, 7) is 1.91. The first-order chi connectivity index (χ1) is 14.0. The lowest BCUT2D eigenvalue weighted by molar-refractivity contribution is 0.102. The first-order valence-corrected chi connectivity index (χ1v) is 9.61. The minimum absolute atomic E-state index is 0.162. The molecular formula is C21H21N7O. The summed E-state index contributed by atoms with van der Waals surface area (Å²) in [4.78, 5) is 18.0. The van der Waals surface area contributed by atoms with E-state index in [4.69, 9.17) is 4.98 Å². The van der Waals surface area contributed by atoms with E-state index < -0.39 is 0 Å². The van der Waals surface area contributed by atoms with E-state index in [-0.39, 0.29) is 5.91 Å². The van der Waals surface area contributed by atoms with Crippen LogP contribution in [0.4, 0.5) is 5.69 Å². The first-order valence-electron chi connectivity index (χ1n) is 9.61. The van der Waals surface area contributed by atoms with Gasteiger partial charge < -0.3 is 9.88 Å². The normalized spacial score (nSPS) is 13.8. The monoisotopic (exact) mass is 387 g/mol. The number of nitrogens with zero attached hydrogens (tertiary/aromatic N) is 6. The van der Waals surface area contributed by atoms with Crippen molar-refractivity contribution in [3.8, 4) is 11.4 Å². The number of aryl methyl sites for hydroxylation is 3.